The first kappa shape index (κ1) is 25.8. The fraction of sp³-hybridized carbons (Fsp3) is 0.304. The van der Waals surface area contributed by atoms with Crippen molar-refractivity contribution in [3.05, 3.63) is 70.4 Å². The van der Waals surface area contributed by atoms with Gasteiger partial charge in [0.15, 0.2) is 0 Å². The van der Waals surface area contributed by atoms with Crippen molar-refractivity contribution in [1.82, 2.24) is 20.1 Å². The maximum Gasteiger partial charge on any atom is 0.416 e. The van der Waals surface area contributed by atoms with Gasteiger partial charge in [-0.2, -0.15) is 23.0 Å². The standard InChI is InChI=1S/C23H22F4N4O4/c1-3-19(33)35-22-20(21(34)29-6-7-32)13(2)30-31(22)18-4-5-28-17(12-18)10-14-8-15(23(25,26)27)11-16(24)9-14/h4-5,8-9,11-12,32H,3,6-7,10H2,1-2H3,(H,29,34). The Kier molecular flexibility index (Phi) is 7.85. The van der Waals surface area contributed by atoms with Gasteiger partial charge < -0.3 is 15.2 Å². The molecule has 0 atom stereocenters. The number of ether oxygens (including phenoxy) is 1. The summed E-state index contributed by atoms with van der Waals surface area (Å²) in [5, 5.41) is 15.7. The number of aromatic nitrogens is 3. The van der Waals surface area contributed by atoms with Crippen LogP contribution in [0.3, 0.4) is 0 Å². The second-order valence-electron chi connectivity index (χ2n) is 7.51. The van der Waals surface area contributed by atoms with E-state index in [-0.39, 0.29) is 54.4 Å². The van der Waals surface area contributed by atoms with Crippen molar-refractivity contribution < 1.29 is 37.0 Å². The molecule has 0 aliphatic rings. The lowest BCUT2D eigenvalue weighted by Crippen LogP contribution is -2.27. The molecular formula is C23H22F4N4O4. The Morgan fingerprint density at radius 1 is 1.20 bits per heavy atom. The molecule has 2 N–H and O–H groups in total. The quantitative estimate of drug-likeness (QED) is 0.368. The zero-order valence-electron chi connectivity index (χ0n) is 18.8. The molecule has 0 aliphatic heterocycles. The number of benzene rings is 1. The molecule has 3 rings (SSSR count). The maximum atomic E-state index is 13.8. The highest BCUT2D eigenvalue weighted by atomic mass is 19.4. The molecule has 2 heterocycles. The maximum absolute atomic E-state index is 13.8. The number of hydrogen-bond donors (Lipinski definition) is 2. The van der Waals surface area contributed by atoms with Crippen molar-refractivity contribution in [3.8, 4) is 11.6 Å². The van der Waals surface area contributed by atoms with Gasteiger partial charge in [-0.25, -0.2) is 4.39 Å². The Morgan fingerprint density at radius 3 is 2.60 bits per heavy atom. The molecule has 3 aromatic rings. The predicted molar refractivity (Wildman–Crippen MR) is 116 cm³/mol. The number of nitrogens with zero attached hydrogens (tertiary/aromatic N) is 3. The molecule has 1 amide bonds. The van der Waals surface area contributed by atoms with E-state index >= 15 is 0 Å². The van der Waals surface area contributed by atoms with Crippen LogP contribution in [0.25, 0.3) is 5.69 Å². The number of pyridine rings is 1. The van der Waals surface area contributed by atoms with Crippen LogP contribution < -0.4 is 10.1 Å². The van der Waals surface area contributed by atoms with E-state index in [4.69, 9.17) is 9.84 Å². The van der Waals surface area contributed by atoms with Crippen LogP contribution in [0.15, 0.2) is 36.5 Å². The zero-order valence-corrected chi connectivity index (χ0v) is 18.8. The average molecular weight is 494 g/mol. The van der Waals surface area contributed by atoms with Crippen molar-refractivity contribution in [3.63, 3.8) is 0 Å². The fourth-order valence-electron chi connectivity index (χ4n) is 3.29. The molecule has 0 unspecified atom stereocenters. The van der Waals surface area contributed by atoms with Crippen molar-refractivity contribution in [2.75, 3.05) is 13.2 Å². The first-order chi connectivity index (χ1) is 16.5. The third-order valence-corrected chi connectivity index (χ3v) is 4.86. The Bertz CT molecular complexity index is 1240. The normalized spacial score (nSPS) is 11.4. The first-order valence-electron chi connectivity index (χ1n) is 10.5. The molecule has 186 valence electrons. The third kappa shape index (κ3) is 6.21. The first-order valence-corrected chi connectivity index (χ1v) is 10.5. The molecule has 35 heavy (non-hydrogen) atoms. The molecule has 0 spiro atoms. The Balaban J connectivity index is 2.02. The van der Waals surface area contributed by atoms with Crippen molar-refractivity contribution in [1.29, 1.82) is 0 Å². The molecule has 12 heteroatoms. The number of alkyl halides is 3. The van der Waals surface area contributed by atoms with Crippen molar-refractivity contribution in [2.45, 2.75) is 32.9 Å². The van der Waals surface area contributed by atoms with Gasteiger partial charge in [-0.1, -0.05) is 6.92 Å². The average Bonchev–Trinajstić information content (AvgIpc) is 3.12. The van der Waals surface area contributed by atoms with Crippen molar-refractivity contribution >= 4 is 11.9 Å². The Morgan fingerprint density at radius 2 is 1.94 bits per heavy atom. The summed E-state index contributed by atoms with van der Waals surface area (Å²) in [6.07, 6.45) is -3.44. The lowest BCUT2D eigenvalue weighted by atomic mass is 10.0. The van der Waals surface area contributed by atoms with Crippen LogP contribution in [0, 0.1) is 12.7 Å². The number of esters is 1. The Labute approximate surface area is 197 Å². The number of rotatable bonds is 8. The number of aryl methyl sites for hydroxylation is 1. The van der Waals surface area contributed by atoms with Crippen LogP contribution in [-0.2, 0) is 17.4 Å². The SMILES string of the molecule is CCC(=O)Oc1c(C(=O)NCCO)c(C)nn1-c1ccnc(Cc2cc(F)cc(C(F)(F)F)c2)c1. The van der Waals surface area contributed by atoms with Gasteiger partial charge in [-0.3, -0.25) is 14.6 Å². The van der Waals surface area contributed by atoms with Crippen LogP contribution in [-0.4, -0.2) is 44.9 Å². The summed E-state index contributed by atoms with van der Waals surface area (Å²) in [7, 11) is 0. The van der Waals surface area contributed by atoms with Crippen LogP contribution in [0.2, 0.25) is 0 Å². The summed E-state index contributed by atoms with van der Waals surface area (Å²) in [6, 6.07) is 5.22. The molecule has 8 nitrogen and oxygen atoms in total. The summed E-state index contributed by atoms with van der Waals surface area (Å²) in [5.74, 6) is -2.43. The largest absolute Gasteiger partial charge is 0.416 e. The van der Waals surface area contributed by atoms with E-state index in [0.717, 1.165) is 12.1 Å². The summed E-state index contributed by atoms with van der Waals surface area (Å²) in [4.78, 5) is 28.8. The fourth-order valence-corrected chi connectivity index (χ4v) is 3.29. The van der Waals surface area contributed by atoms with Crippen LogP contribution in [0.4, 0.5) is 17.6 Å². The van der Waals surface area contributed by atoms with E-state index in [1.54, 1.807) is 6.92 Å². The highest BCUT2D eigenvalue weighted by molar-refractivity contribution is 5.98. The molecule has 2 aromatic heterocycles. The Hall–Kier alpha value is -3.80. The van der Waals surface area contributed by atoms with Crippen molar-refractivity contribution in [2.24, 2.45) is 0 Å². The molecule has 0 radical (unpaired) electrons. The second kappa shape index (κ2) is 10.6. The predicted octanol–water partition coefficient (Wildman–Crippen LogP) is 3.36. The number of aliphatic hydroxyl groups excluding tert-OH is 1. The molecule has 0 saturated carbocycles. The van der Waals surface area contributed by atoms with E-state index < -0.39 is 29.4 Å². The number of aliphatic hydroxyl groups is 1. The third-order valence-electron chi connectivity index (χ3n) is 4.86. The minimum atomic E-state index is -4.70. The van der Waals surface area contributed by atoms with E-state index in [9.17, 15) is 27.2 Å². The van der Waals surface area contributed by atoms with Gasteiger partial charge in [0.05, 0.1) is 23.6 Å². The molecule has 0 saturated heterocycles. The monoisotopic (exact) mass is 494 g/mol. The molecular weight excluding hydrogens is 472 g/mol. The highest BCUT2D eigenvalue weighted by Crippen LogP contribution is 2.31. The van der Waals surface area contributed by atoms with E-state index in [0.29, 0.717) is 11.8 Å². The van der Waals surface area contributed by atoms with Gasteiger partial charge in [0.1, 0.15) is 11.4 Å². The number of nitrogens with one attached hydrogen (secondary N) is 1. The zero-order chi connectivity index (χ0) is 25.8. The molecule has 0 fully saturated rings. The summed E-state index contributed by atoms with van der Waals surface area (Å²) in [6.45, 7) is 2.77. The second-order valence-corrected chi connectivity index (χ2v) is 7.51. The minimum Gasteiger partial charge on any atom is -0.406 e. The van der Waals surface area contributed by atoms with Gasteiger partial charge in [0.25, 0.3) is 5.91 Å². The summed E-state index contributed by atoms with van der Waals surface area (Å²) in [5.41, 5.74) is -0.241. The van der Waals surface area contributed by atoms with Crippen LogP contribution in [0.1, 0.15) is 46.2 Å². The topological polar surface area (TPSA) is 106 Å². The minimum absolute atomic E-state index is 0.0152. The summed E-state index contributed by atoms with van der Waals surface area (Å²) >= 11 is 0. The summed E-state index contributed by atoms with van der Waals surface area (Å²) < 4.78 is 59.5. The lowest BCUT2D eigenvalue weighted by Gasteiger charge is -2.12. The lowest BCUT2D eigenvalue weighted by molar-refractivity contribution is -0.138. The van der Waals surface area contributed by atoms with E-state index in [1.807, 2.05) is 0 Å². The van der Waals surface area contributed by atoms with Gasteiger partial charge in [-0.15, -0.1) is 0 Å². The van der Waals surface area contributed by atoms with Gasteiger partial charge in [0, 0.05) is 31.3 Å². The highest BCUT2D eigenvalue weighted by Gasteiger charge is 2.31. The molecule has 0 bridgehead atoms. The number of amides is 1. The van der Waals surface area contributed by atoms with Gasteiger partial charge >= 0.3 is 12.1 Å². The van der Waals surface area contributed by atoms with Gasteiger partial charge in [-0.05, 0) is 42.8 Å². The number of carbonyl (C=O) groups is 2. The van der Waals surface area contributed by atoms with E-state index in [2.05, 4.69) is 15.4 Å². The van der Waals surface area contributed by atoms with E-state index in [1.165, 1.54) is 29.9 Å². The van der Waals surface area contributed by atoms with Crippen LogP contribution >= 0.6 is 0 Å². The molecule has 0 aliphatic carbocycles. The van der Waals surface area contributed by atoms with Gasteiger partial charge in [0.2, 0.25) is 5.88 Å². The van der Waals surface area contributed by atoms with Crippen LogP contribution in [0.5, 0.6) is 5.88 Å². The number of halogens is 4. The smallest absolute Gasteiger partial charge is 0.406 e. The number of carbonyl (C=O) groups excluding carboxylic acids is 2. The molecule has 1 aromatic carbocycles. The number of hydrogen-bond acceptors (Lipinski definition) is 6.